The van der Waals surface area contributed by atoms with Crippen molar-refractivity contribution in [2.45, 2.75) is 44.1 Å². The molecule has 5 heteroatoms. The second-order valence-electron chi connectivity index (χ2n) is 6.48. The summed E-state index contributed by atoms with van der Waals surface area (Å²) < 4.78 is 5.37. The molecule has 0 unspecified atom stereocenters. The Labute approximate surface area is 136 Å². The first-order valence-electron chi connectivity index (χ1n) is 7.60. The second kappa shape index (κ2) is 7.18. The molecule has 0 atom stereocenters. The van der Waals surface area contributed by atoms with Crippen LogP contribution in [0.4, 0.5) is 4.79 Å². The Kier molecular flexibility index (Phi) is 5.51. The fourth-order valence-electron chi connectivity index (χ4n) is 2.31. The molecule has 1 heterocycles. The third-order valence-corrected chi connectivity index (χ3v) is 4.48. The SMILES string of the molecule is CC(C)(C)OC(=O)N1CCC(C(=O)Sc2ccccc2)CC1. The van der Waals surface area contributed by atoms with Gasteiger partial charge in [-0.25, -0.2) is 4.79 Å². The van der Waals surface area contributed by atoms with E-state index in [1.807, 2.05) is 51.1 Å². The van der Waals surface area contributed by atoms with Gasteiger partial charge in [0, 0.05) is 23.9 Å². The van der Waals surface area contributed by atoms with Crippen LogP contribution in [0.2, 0.25) is 0 Å². The lowest BCUT2D eigenvalue weighted by atomic mass is 9.99. The molecule has 1 aromatic rings. The number of carbonyl (C=O) groups excluding carboxylic acids is 2. The van der Waals surface area contributed by atoms with E-state index in [9.17, 15) is 9.59 Å². The number of hydrogen-bond donors (Lipinski definition) is 0. The highest BCUT2D eigenvalue weighted by Gasteiger charge is 2.30. The predicted molar refractivity (Wildman–Crippen MR) is 87.8 cm³/mol. The van der Waals surface area contributed by atoms with Crippen LogP contribution in [-0.4, -0.2) is 34.8 Å². The molecule has 22 heavy (non-hydrogen) atoms. The lowest BCUT2D eigenvalue weighted by Gasteiger charge is -2.32. The summed E-state index contributed by atoms with van der Waals surface area (Å²) in [5.74, 6) is 0.0175. The van der Waals surface area contributed by atoms with Crippen LogP contribution in [0.1, 0.15) is 33.6 Å². The zero-order chi connectivity index (χ0) is 16.2. The number of likely N-dealkylation sites (tertiary alicyclic amines) is 1. The smallest absolute Gasteiger partial charge is 0.410 e. The first kappa shape index (κ1) is 16.9. The molecule has 0 spiro atoms. The first-order valence-corrected chi connectivity index (χ1v) is 8.41. The number of hydrogen-bond acceptors (Lipinski definition) is 4. The Balaban J connectivity index is 1.82. The number of ether oxygens (including phenoxy) is 1. The maximum absolute atomic E-state index is 12.3. The maximum atomic E-state index is 12.3. The number of thioether (sulfide) groups is 1. The van der Waals surface area contributed by atoms with Crippen molar-refractivity contribution >= 4 is 23.0 Å². The lowest BCUT2D eigenvalue weighted by molar-refractivity contribution is -0.115. The summed E-state index contributed by atoms with van der Waals surface area (Å²) in [5.41, 5.74) is -0.479. The van der Waals surface area contributed by atoms with Crippen molar-refractivity contribution in [2.24, 2.45) is 5.92 Å². The molecule has 120 valence electrons. The van der Waals surface area contributed by atoms with Gasteiger partial charge in [-0.3, -0.25) is 4.79 Å². The van der Waals surface area contributed by atoms with Crippen LogP contribution >= 0.6 is 11.8 Å². The molecule has 1 fully saturated rings. The fourth-order valence-corrected chi connectivity index (χ4v) is 3.24. The minimum atomic E-state index is -0.479. The molecule has 1 amide bonds. The van der Waals surface area contributed by atoms with E-state index in [0.717, 1.165) is 4.90 Å². The highest BCUT2D eigenvalue weighted by Crippen LogP contribution is 2.28. The van der Waals surface area contributed by atoms with Gasteiger partial charge in [-0.05, 0) is 45.7 Å². The lowest BCUT2D eigenvalue weighted by Crippen LogP contribution is -2.42. The molecular formula is C17H23NO3S. The van der Waals surface area contributed by atoms with Gasteiger partial charge in [0.15, 0.2) is 5.12 Å². The summed E-state index contributed by atoms with van der Waals surface area (Å²) in [4.78, 5) is 27.0. The van der Waals surface area contributed by atoms with Crippen LogP contribution in [0.3, 0.4) is 0 Å². The van der Waals surface area contributed by atoms with E-state index in [4.69, 9.17) is 4.74 Å². The summed E-state index contributed by atoms with van der Waals surface area (Å²) in [6, 6.07) is 9.69. The van der Waals surface area contributed by atoms with Crippen LogP contribution in [-0.2, 0) is 9.53 Å². The van der Waals surface area contributed by atoms with Crippen molar-refractivity contribution in [2.75, 3.05) is 13.1 Å². The molecule has 1 aliphatic rings. The van der Waals surface area contributed by atoms with Gasteiger partial charge in [0.05, 0.1) is 0 Å². The van der Waals surface area contributed by atoms with Crippen molar-refractivity contribution in [1.29, 1.82) is 0 Å². The van der Waals surface area contributed by atoms with Crippen molar-refractivity contribution in [3.05, 3.63) is 30.3 Å². The zero-order valence-corrected chi connectivity index (χ0v) is 14.2. The van der Waals surface area contributed by atoms with Crippen LogP contribution < -0.4 is 0 Å². The van der Waals surface area contributed by atoms with E-state index in [0.29, 0.717) is 25.9 Å². The number of rotatable bonds is 2. The Morgan fingerprint density at radius 1 is 1.14 bits per heavy atom. The molecule has 0 saturated carbocycles. The minimum Gasteiger partial charge on any atom is -0.444 e. The Morgan fingerprint density at radius 2 is 1.73 bits per heavy atom. The number of carbonyl (C=O) groups is 2. The van der Waals surface area contributed by atoms with Gasteiger partial charge in [-0.15, -0.1) is 0 Å². The van der Waals surface area contributed by atoms with E-state index in [1.54, 1.807) is 4.90 Å². The fraction of sp³-hybridized carbons (Fsp3) is 0.529. The normalized spacial score (nSPS) is 16.4. The van der Waals surface area contributed by atoms with Crippen molar-refractivity contribution in [3.63, 3.8) is 0 Å². The van der Waals surface area contributed by atoms with Gasteiger partial charge in [0.1, 0.15) is 5.60 Å². The zero-order valence-electron chi connectivity index (χ0n) is 13.4. The molecule has 2 rings (SSSR count). The summed E-state index contributed by atoms with van der Waals surface area (Å²) in [6.45, 7) is 6.74. The van der Waals surface area contributed by atoms with E-state index in [1.165, 1.54) is 11.8 Å². The van der Waals surface area contributed by atoms with Crippen LogP contribution in [0.15, 0.2) is 35.2 Å². The maximum Gasteiger partial charge on any atom is 0.410 e. The minimum absolute atomic E-state index is 0.0175. The van der Waals surface area contributed by atoms with Gasteiger partial charge in [-0.2, -0.15) is 0 Å². The Bertz CT molecular complexity index is 516. The van der Waals surface area contributed by atoms with Gasteiger partial charge < -0.3 is 9.64 Å². The molecule has 1 aliphatic heterocycles. The van der Waals surface area contributed by atoms with E-state index in [2.05, 4.69) is 0 Å². The number of amides is 1. The Hall–Kier alpha value is -1.49. The molecular weight excluding hydrogens is 298 g/mol. The standard InChI is InChI=1S/C17H23NO3S/c1-17(2,3)21-16(20)18-11-9-13(10-12-18)15(19)22-14-7-5-4-6-8-14/h4-8,13H,9-12H2,1-3H3. The average Bonchev–Trinajstić information content (AvgIpc) is 2.46. The molecule has 0 bridgehead atoms. The molecule has 1 aromatic carbocycles. The monoisotopic (exact) mass is 321 g/mol. The largest absolute Gasteiger partial charge is 0.444 e. The predicted octanol–water partition coefficient (Wildman–Crippen LogP) is 3.95. The average molecular weight is 321 g/mol. The van der Waals surface area contributed by atoms with Gasteiger partial charge in [0.25, 0.3) is 0 Å². The van der Waals surface area contributed by atoms with Gasteiger partial charge in [-0.1, -0.05) is 30.0 Å². The van der Waals surface area contributed by atoms with Gasteiger partial charge in [0.2, 0.25) is 0 Å². The van der Waals surface area contributed by atoms with Crippen LogP contribution in [0.5, 0.6) is 0 Å². The molecule has 0 radical (unpaired) electrons. The Morgan fingerprint density at radius 3 is 2.27 bits per heavy atom. The third-order valence-electron chi connectivity index (χ3n) is 3.44. The summed E-state index contributed by atoms with van der Waals surface area (Å²) in [5, 5.41) is 0.190. The summed E-state index contributed by atoms with van der Waals surface area (Å²) >= 11 is 1.30. The molecule has 0 aliphatic carbocycles. The third kappa shape index (κ3) is 5.05. The van der Waals surface area contributed by atoms with Gasteiger partial charge >= 0.3 is 6.09 Å². The van der Waals surface area contributed by atoms with Crippen LogP contribution in [0, 0.1) is 5.92 Å². The number of nitrogens with zero attached hydrogens (tertiary/aromatic N) is 1. The molecule has 0 N–H and O–H groups in total. The van der Waals surface area contributed by atoms with E-state index >= 15 is 0 Å². The highest BCUT2D eigenvalue weighted by molar-refractivity contribution is 8.13. The number of benzene rings is 1. The first-order chi connectivity index (χ1) is 10.3. The molecule has 0 aromatic heterocycles. The van der Waals surface area contributed by atoms with Crippen molar-refractivity contribution in [1.82, 2.24) is 4.90 Å². The van der Waals surface area contributed by atoms with E-state index < -0.39 is 5.60 Å². The summed E-state index contributed by atoms with van der Waals surface area (Å²) in [6.07, 6.45) is 1.13. The second-order valence-corrected chi connectivity index (χ2v) is 7.55. The summed E-state index contributed by atoms with van der Waals surface area (Å²) in [7, 11) is 0. The van der Waals surface area contributed by atoms with Crippen molar-refractivity contribution in [3.8, 4) is 0 Å². The quantitative estimate of drug-likeness (QED) is 0.774. The number of piperidine rings is 1. The van der Waals surface area contributed by atoms with Crippen LogP contribution in [0.25, 0.3) is 0 Å². The molecule has 1 saturated heterocycles. The van der Waals surface area contributed by atoms with Crippen molar-refractivity contribution < 1.29 is 14.3 Å². The molecule has 4 nitrogen and oxygen atoms in total. The highest BCUT2D eigenvalue weighted by atomic mass is 32.2. The van der Waals surface area contributed by atoms with E-state index in [-0.39, 0.29) is 17.1 Å². The topological polar surface area (TPSA) is 46.6 Å².